The van der Waals surface area contributed by atoms with Gasteiger partial charge in [-0.05, 0) is 24.3 Å². The molecule has 0 radical (unpaired) electrons. The Morgan fingerprint density at radius 2 is 1.80 bits per heavy atom. The minimum Gasteiger partial charge on any atom is -0.465 e. The van der Waals surface area contributed by atoms with Crippen LogP contribution in [-0.2, 0) is 4.74 Å². The first-order valence-corrected chi connectivity index (χ1v) is 6.47. The van der Waals surface area contributed by atoms with Gasteiger partial charge < -0.3 is 4.74 Å². The smallest absolute Gasteiger partial charge is 0.340 e. The monoisotopic (exact) mass is 333 g/mol. The normalized spacial score (nSPS) is 10.4. The first kappa shape index (κ1) is 15.0. The SMILES string of the molecule is COC(=O)c1ccc(F)nc1-c1c(Cl)ccc(Cl)c1Cl. The van der Waals surface area contributed by atoms with Gasteiger partial charge in [-0.15, -0.1) is 0 Å². The first-order valence-electron chi connectivity index (χ1n) is 5.34. The molecule has 0 aliphatic carbocycles. The van der Waals surface area contributed by atoms with Crippen molar-refractivity contribution in [2.24, 2.45) is 0 Å². The lowest BCUT2D eigenvalue weighted by Gasteiger charge is -2.11. The molecule has 0 aliphatic heterocycles. The van der Waals surface area contributed by atoms with Gasteiger partial charge in [-0.25, -0.2) is 9.78 Å². The summed E-state index contributed by atoms with van der Waals surface area (Å²) in [7, 11) is 1.21. The third-order valence-electron chi connectivity index (χ3n) is 2.55. The maximum Gasteiger partial charge on any atom is 0.340 e. The molecule has 1 aromatic carbocycles. The Hall–Kier alpha value is -1.36. The van der Waals surface area contributed by atoms with Crippen molar-refractivity contribution >= 4 is 40.8 Å². The Morgan fingerprint density at radius 1 is 1.15 bits per heavy atom. The third-order valence-corrected chi connectivity index (χ3v) is 3.67. The molecule has 0 spiro atoms. The maximum atomic E-state index is 13.4. The molecular weight excluding hydrogens is 328 g/mol. The van der Waals surface area contributed by atoms with E-state index in [1.165, 1.54) is 25.3 Å². The van der Waals surface area contributed by atoms with Crippen LogP contribution >= 0.6 is 34.8 Å². The highest BCUT2D eigenvalue weighted by molar-refractivity contribution is 6.46. The van der Waals surface area contributed by atoms with E-state index in [1.807, 2.05) is 0 Å². The van der Waals surface area contributed by atoms with Crippen LogP contribution in [0.4, 0.5) is 4.39 Å². The van der Waals surface area contributed by atoms with E-state index in [-0.39, 0.29) is 31.9 Å². The predicted molar refractivity (Wildman–Crippen MR) is 76.0 cm³/mol. The zero-order valence-electron chi connectivity index (χ0n) is 10.1. The standard InChI is InChI=1S/C13H7Cl3FNO2/c1-20-13(19)6-2-5-9(17)18-12(6)10-7(14)3-4-8(15)11(10)16/h2-5H,1H3. The second kappa shape index (κ2) is 5.95. The molecule has 1 heterocycles. The highest BCUT2D eigenvalue weighted by Gasteiger charge is 2.21. The Balaban J connectivity index is 2.78. The van der Waals surface area contributed by atoms with Crippen LogP contribution in [0.2, 0.25) is 15.1 Å². The van der Waals surface area contributed by atoms with Crippen molar-refractivity contribution in [3.8, 4) is 11.3 Å². The van der Waals surface area contributed by atoms with Crippen LogP contribution in [0.25, 0.3) is 11.3 Å². The number of pyridine rings is 1. The molecule has 0 saturated heterocycles. The first-order chi connectivity index (χ1) is 9.45. The molecule has 2 rings (SSSR count). The molecule has 1 aromatic heterocycles. The number of aromatic nitrogens is 1. The molecule has 0 atom stereocenters. The average Bonchev–Trinajstić information content (AvgIpc) is 2.43. The summed E-state index contributed by atoms with van der Waals surface area (Å²) < 4.78 is 18.0. The zero-order valence-corrected chi connectivity index (χ0v) is 12.4. The molecule has 7 heteroatoms. The second-order valence-electron chi connectivity index (χ2n) is 3.74. The van der Waals surface area contributed by atoms with Gasteiger partial charge in [0.05, 0.1) is 33.4 Å². The third kappa shape index (κ3) is 2.73. The van der Waals surface area contributed by atoms with E-state index < -0.39 is 11.9 Å². The number of rotatable bonds is 2. The van der Waals surface area contributed by atoms with Gasteiger partial charge in [0.2, 0.25) is 5.95 Å². The van der Waals surface area contributed by atoms with E-state index >= 15 is 0 Å². The van der Waals surface area contributed by atoms with Crippen molar-refractivity contribution in [2.45, 2.75) is 0 Å². The fourth-order valence-electron chi connectivity index (χ4n) is 1.64. The molecular formula is C13H7Cl3FNO2. The summed E-state index contributed by atoms with van der Waals surface area (Å²) in [6, 6.07) is 5.27. The molecule has 20 heavy (non-hydrogen) atoms. The Bertz CT molecular complexity index is 692. The quantitative estimate of drug-likeness (QED) is 0.456. The van der Waals surface area contributed by atoms with Gasteiger partial charge in [0.15, 0.2) is 0 Å². The highest BCUT2D eigenvalue weighted by atomic mass is 35.5. The van der Waals surface area contributed by atoms with Crippen LogP contribution in [0, 0.1) is 5.95 Å². The number of halogens is 4. The fourth-order valence-corrected chi connectivity index (χ4v) is 2.35. The minimum atomic E-state index is -0.778. The molecule has 0 aliphatic rings. The second-order valence-corrected chi connectivity index (χ2v) is 4.93. The lowest BCUT2D eigenvalue weighted by Crippen LogP contribution is -2.06. The van der Waals surface area contributed by atoms with Crippen LogP contribution in [0.1, 0.15) is 10.4 Å². The largest absolute Gasteiger partial charge is 0.465 e. The molecule has 3 nitrogen and oxygen atoms in total. The number of benzene rings is 1. The van der Waals surface area contributed by atoms with E-state index in [2.05, 4.69) is 9.72 Å². The minimum absolute atomic E-state index is 0.0191. The van der Waals surface area contributed by atoms with Crippen LogP contribution < -0.4 is 0 Å². The van der Waals surface area contributed by atoms with Gasteiger partial charge in [0.1, 0.15) is 0 Å². The molecule has 0 saturated carbocycles. The number of ether oxygens (including phenoxy) is 1. The summed E-state index contributed by atoms with van der Waals surface area (Å²) in [6.07, 6.45) is 0. The van der Waals surface area contributed by atoms with Crippen LogP contribution in [0.5, 0.6) is 0 Å². The van der Waals surface area contributed by atoms with Crippen LogP contribution in [0.3, 0.4) is 0 Å². The van der Waals surface area contributed by atoms with E-state index in [0.717, 1.165) is 6.07 Å². The fraction of sp³-hybridized carbons (Fsp3) is 0.0769. The number of methoxy groups -OCH3 is 1. The van der Waals surface area contributed by atoms with Gasteiger partial charge in [-0.1, -0.05) is 34.8 Å². The molecule has 104 valence electrons. The van der Waals surface area contributed by atoms with E-state index in [4.69, 9.17) is 34.8 Å². The maximum absolute atomic E-state index is 13.4. The molecule has 2 aromatic rings. The Morgan fingerprint density at radius 3 is 2.45 bits per heavy atom. The van der Waals surface area contributed by atoms with Crippen molar-refractivity contribution in [3.05, 3.63) is 50.8 Å². The van der Waals surface area contributed by atoms with Crippen LogP contribution in [0.15, 0.2) is 24.3 Å². The lowest BCUT2D eigenvalue weighted by atomic mass is 10.1. The van der Waals surface area contributed by atoms with Crippen molar-refractivity contribution in [1.82, 2.24) is 4.98 Å². The van der Waals surface area contributed by atoms with Crippen molar-refractivity contribution in [2.75, 3.05) is 7.11 Å². The lowest BCUT2D eigenvalue weighted by molar-refractivity contribution is 0.0601. The van der Waals surface area contributed by atoms with Gasteiger partial charge in [0, 0.05) is 5.56 Å². The van der Waals surface area contributed by atoms with E-state index in [1.54, 1.807) is 0 Å². The van der Waals surface area contributed by atoms with Crippen molar-refractivity contribution in [3.63, 3.8) is 0 Å². The van der Waals surface area contributed by atoms with E-state index in [9.17, 15) is 9.18 Å². The van der Waals surface area contributed by atoms with Gasteiger partial charge in [-0.3, -0.25) is 0 Å². The summed E-state index contributed by atoms with van der Waals surface area (Å²) in [5, 5.41) is 0.498. The number of carbonyl (C=O) groups is 1. The number of esters is 1. The molecule has 0 unspecified atom stereocenters. The average molecular weight is 335 g/mol. The zero-order chi connectivity index (χ0) is 14.9. The number of carbonyl (C=O) groups excluding carboxylic acids is 1. The summed E-state index contributed by atoms with van der Waals surface area (Å²) in [5.74, 6) is -1.46. The number of hydrogen-bond donors (Lipinski definition) is 0. The van der Waals surface area contributed by atoms with Crippen molar-refractivity contribution < 1.29 is 13.9 Å². The van der Waals surface area contributed by atoms with Gasteiger partial charge in [-0.2, -0.15) is 4.39 Å². The molecule has 0 bridgehead atoms. The van der Waals surface area contributed by atoms with Crippen LogP contribution in [-0.4, -0.2) is 18.1 Å². The Kier molecular flexibility index (Phi) is 4.48. The Labute approximate surface area is 129 Å². The number of nitrogens with zero attached hydrogens (tertiary/aromatic N) is 1. The summed E-state index contributed by atoms with van der Waals surface area (Å²) in [4.78, 5) is 15.4. The topological polar surface area (TPSA) is 39.2 Å². The number of hydrogen-bond acceptors (Lipinski definition) is 3. The summed E-state index contributed by atoms with van der Waals surface area (Å²) in [5.41, 5.74) is 0.204. The van der Waals surface area contributed by atoms with E-state index in [0.29, 0.717) is 0 Å². The molecule has 0 N–H and O–H groups in total. The highest BCUT2D eigenvalue weighted by Crippen LogP contribution is 2.39. The molecule has 0 fully saturated rings. The predicted octanol–water partition coefficient (Wildman–Crippen LogP) is 4.63. The molecule has 0 amide bonds. The van der Waals surface area contributed by atoms with Gasteiger partial charge >= 0.3 is 5.97 Å². The van der Waals surface area contributed by atoms with Crippen molar-refractivity contribution in [1.29, 1.82) is 0 Å². The van der Waals surface area contributed by atoms with Gasteiger partial charge in [0.25, 0.3) is 0 Å². The summed E-state index contributed by atoms with van der Waals surface area (Å²) in [6.45, 7) is 0. The summed E-state index contributed by atoms with van der Waals surface area (Å²) >= 11 is 18.0.